The highest BCUT2D eigenvalue weighted by molar-refractivity contribution is 6.01. The molecule has 9 rings (SSSR count). The van der Waals surface area contributed by atoms with E-state index in [2.05, 4.69) is 9.88 Å². The van der Waals surface area contributed by atoms with Gasteiger partial charge in [0.05, 0.1) is 44.0 Å². The summed E-state index contributed by atoms with van der Waals surface area (Å²) in [5.41, 5.74) is -0.911. The van der Waals surface area contributed by atoms with Crippen molar-refractivity contribution in [3.05, 3.63) is 47.7 Å². The molecule has 4 aromatic rings. The fraction of sp³-hybridized carbons (Fsp3) is 0.605. The number of β-amino-alcohol motifs (C(OH)–C–C–N with tert-alkyl or cyclic N) is 1. The van der Waals surface area contributed by atoms with Gasteiger partial charge in [0.1, 0.15) is 34.2 Å². The fourth-order valence-corrected chi connectivity index (χ4v) is 10.8. The minimum Gasteiger partial charge on any atom is -0.508 e. The molecule has 11 nitrogen and oxygen atoms in total. The summed E-state index contributed by atoms with van der Waals surface area (Å²) in [7, 11) is 0. The maximum Gasteiger partial charge on any atom is 0.319 e. The predicted molar refractivity (Wildman–Crippen MR) is 208 cm³/mol. The van der Waals surface area contributed by atoms with Crippen LogP contribution in [0.15, 0.2) is 30.5 Å². The zero-order chi connectivity index (χ0) is 38.8. The standard InChI is InChI=1S/C43H53F2N5O6/c1-3-31-34(44)10-8-26-15-28(52)17-32(36(26)31)38-37(45)39-33(18-46-38)40(49-19-30(20-51)55-23-42(2,53)22-49)48-41(47-39)56-24-43-11-4-6-35(43)50(13-5-12-43)27-9-7-25-14-29(16-27)54-21-25/h8,10,15,17-18,25,27,29-30,35,51-53H,3-7,9,11-14,16,19-24H2,1-2H3/t25?,27?,29?,30-,35-,42+,43-/m1/s1. The molecule has 2 saturated carbocycles. The average molecular weight is 774 g/mol. The number of phenols is 1. The average Bonchev–Trinajstić information content (AvgIpc) is 3.72. The molecule has 0 radical (unpaired) electrons. The summed E-state index contributed by atoms with van der Waals surface area (Å²) in [6, 6.07) is 6.72. The highest BCUT2D eigenvalue weighted by Gasteiger charge is 2.51. The Balaban J connectivity index is 1.12. The van der Waals surface area contributed by atoms with E-state index in [9.17, 15) is 15.3 Å². The zero-order valence-corrected chi connectivity index (χ0v) is 32.4. The minimum atomic E-state index is -1.31. The van der Waals surface area contributed by atoms with Crippen LogP contribution in [-0.2, 0) is 15.9 Å². The van der Waals surface area contributed by atoms with Crippen LogP contribution < -0.4 is 9.64 Å². The number of hydrogen-bond donors (Lipinski definition) is 3. The lowest BCUT2D eigenvalue weighted by atomic mass is 9.74. The highest BCUT2D eigenvalue weighted by atomic mass is 19.1. The van der Waals surface area contributed by atoms with E-state index in [1.54, 1.807) is 17.9 Å². The Morgan fingerprint density at radius 3 is 2.75 bits per heavy atom. The molecule has 0 spiro atoms. The minimum absolute atomic E-state index is 0.00626. The largest absolute Gasteiger partial charge is 0.508 e. The molecule has 3 saturated heterocycles. The molecule has 0 amide bonds. The molecular weight excluding hydrogens is 720 g/mol. The van der Waals surface area contributed by atoms with Gasteiger partial charge in [-0.1, -0.05) is 19.4 Å². The van der Waals surface area contributed by atoms with Crippen molar-refractivity contribution in [2.45, 2.75) is 108 Å². The number of pyridine rings is 1. The first-order chi connectivity index (χ1) is 27.0. The molecule has 13 heteroatoms. The van der Waals surface area contributed by atoms with E-state index in [4.69, 9.17) is 24.2 Å². The van der Waals surface area contributed by atoms with Gasteiger partial charge in [-0.25, -0.2) is 8.78 Å². The molecule has 2 aromatic carbocycles. The zero-order valence-electron chi connectivity index (χ0n) is 32.4. The van der Waals surface area contributed by atoms with Gasteiger partial charge in [0.2, 0.25) is 0 Å². The second-order valence-corrected chi connectivity index (χ2v) is 17.4. The number of nitrogens with zero attached hydrogens (tertiary/aromatic N) is 5. The highest BCUT2D eigenvalue weighted by Crippen LogP contribution is 2.50. The van der Waals surface area contributed by atoms with Crippen LogP contribution in [0.5, 0.6) is 11.8 Å². The topological polar surface area (TPSA) is 134 Å². The van der Waals surface area contributed by atoms with Crippen molar-refractivity contribution in [3.8, 4) is 23.0 Å². The van der Waals surface area contributed by atoms with Crippen LogP contribution in [0.2, 0.25) is 0 Å². The smallest absolute Gasteiger partial charge is 0.319 e. The first-order valence-corrected chi connectivity index (χ1v) is 20.6. The summed E-state index contributed by atoms with van der Waals surface area (Å²) in [6.45, 7) is 5.79. The Bertz CT molecular complexity index is 2120. The maximum atomic E-state index is 17.3. The van der Waals surface area contributed by atoms with Gasteiger partial charge < -0.3 is 34.4 Å². The lowest BCUT2D eigenvalue weighted by Crippen LogP contribution is -2.56. The normalized spacial score (nSPS) is 31.1. The number of aromatic nitrogens is 3. The lowest BCUT2D eigenvalue weighted by Gasteiger charge is -2.49. The number of piperidine rings is 1. The van der Waals surface area contributed by atoms with E-state index in [0.29, 0.717) is 59.3 Å². The monoisotopic (exact) mass is 773 g/mol. The van der Waals surface area contributed by atoms with Gasteiger partial charge in [-0.05, 0) is 112 Å². The molecule has 56 heavy (non-hydrogen) atoms. The number of halogens is 2. The third-order valence-electron chi connectivity index (χ3n) is 13.4. The van der Waals surface area contributed by atoms with E-state index in [0.717, 1.165) is 51.7 Å². The molecule has 5 heterocycles. The summed E-state index contributed by atoms with van der Waals surface area (Å²) in [4.78, 5) is 18.8. The number of likely N-dealkylation sites (tertiary alicyclic amines) is 1. The van der Waals surface area contributed by atoms with E-state index in [1.807, 2.05) is 6.92 Å². The Labute approximate surface area is 326 Å². The predicted octanol–water partition coefficient (Wildman–Crippen LogP) is 6.31. The molecular formula is C43H53F2N5O6. The second-order valence-electron chi connectivity index (χ2n) is 17.4. The van der Waals surface area contributed by atoms with Gasteiger partial charge in [0.15, 0.2) is 5.82 Å². The van der Waals surface area contributed by atoms with E-state index >= 15 is 8.78 Å². The molecule has 2 aliphatic carbocycles. The van der Waals surface area contributed by atoms with Crippen molar-refractivity contribution < 1.29 is 38.3 Å². The molecule has 7 atom stereocenters. The van der Waals surface area contributed by atoms with Crippen LogP contribution in [0.4, 0.5) is 14.6 Å². The number of fused-ring (bicyclic) bond motifs is 5. The van der Waals surface area contributed by atoms with Crippen LogP contribution in [-0.4, -0.2) is 111 Å². The number of rotatable bonds is 8. The maximum absolute atomic E-state index is 17.3. The van der Waals surface area contributed by atoms with Gasteiger partial charge in [-0.2, -0.15) is 9.97 Å². The van der Waals surface area contributed by atoms with Gasteiger partial charge in [0.25, 0.3) is 0 Å². The number of aliphatic hydroxyl groups excluding tert-OH is 1. The molecule has 2 bridgehead atoms. The van der Waals surface area contributed by atoms with Crippen LogP contribution >= 0.6 is 0 Å². The second kappa shape index (κ2) is 14.9. The summed E-state index contributed by atoms with van der Waals surface area (Å²) in [5.74, 6) is -0.320. The summed E-state index contributed by atoms with van der Waals surface area (Å²) < 4.78 is 51.1. The van der Waals surface area contributed by atoms with Crippen molar-refractivity contribution >= 4 is 27.5 Å². The number of benzene rings is 2. The van der Waals surface area contributed by atoms with Crippen LogP contribution in [0.1, 0.15) is 77.2 Å². The number of anilines is 1. The van der Waals surface area contributed by atoms with Crippen LogP contribution in [0.3, 0.4) is 0 Å². The Morgan fingerprint density at radius 2 is 1.91 bits per heavy atom. The molecule has 300 valence electrons. The van der Waals surface area contributed by atoms with Gasteiger partial charge in [-0.15, -0.1) is 0 Å². The molecule has 3 unspecified atom stereocenters. The quantitative estimate of drug-likeness (QED) is 0.186. The fourth-order valence-electron chi connectivity index (χ4n) is 10.8. The number of aryl methyl sites for hydroxylation is 1. The first-order valence-electron chi connectivity index (χ1n) is 20.6. The number of hydrogen-bond acceptors (Lipinski definition) is 11. The van der Waals surface area contributed by atoms with E-state index in [-0.39, 0.29) is 65.6 Å². The Hall–Kier alpha value is -3.75. The van der Waals surface area contributed by atoms with Crippen molar-refractivity contribution in [2.24, 2.45) is 11.3 Å². The van der Waals surface area contributed by atoms with E-state index < -0.39 is 23.3 Å². The summed E-state index contributed by atoms with van der Waals surface area (Å²) >= 11 is 0. The van der Waals surface area contributed by atoms with Crippen molar-refractivity contribution in [2.75, 3.05) is 51.0 Å². The number of phenolic OH excluding ortho intramolecular Hbond substituents is 1. The van der Waals surface area contributed by atoms with Crippen LogP contribution in [0, 0.1) is 23.0 Å². The van der Waals surface area contributed by atoms with E-state index in [1.165, 1.54) is 43.7 Å². The number of ether oxygens (including phenoxy) is 3. The molecule has 3 aliphatic heterocycles. The first kappa shape index (κ1) is 37.8. The number of aromatic hydroxyl groups is 1. The molecule has 2 aromatic heterocycles. The van der Waals surface area contributed by atoms with Gasteiger partial charge in [0, 0.05) is 42.4 Å². The van der Waals surface area contributed by atoms with Gasteiger partial charge in [-0.3, -0.25) is 9.88 Å². The third kappa shape index (κ3) is 6.86. The van der Waals surface area contributed by atoms with Crippen molar-refractivity contribution in [3.63, 3.8) is 0 Å². The SMILES string of the molecule is CCc1c(F)ccc2cc(O)cc(-c3ncc4c(N5C[C@H](CO)OC[C@@](C)(O)C5)nc(OC[C@]56CCC[C@H]5N(C5CCC7COC(C7)C5)CCC6)nc4c3F)c12. The summed E-state index contributed by atoms with van der Waals surface area (Å²) in [6.07, 6.45) is 11.5. The lowest BCUT2D eigenvalue weighted by molar-refractivity contribution is -0.0528. The Morgan fingerprint density at radius 1 is 1.05 bits per heavy atom. The number of aliphatic hydroxyl groups is 2. The van der Waals surface area contributed by atoms with Crippen molar-refractivity contribution in [1.29, 1.82) is 0 Å². The molecule has 3 N–H and O–H groups in total. The molecule has 5 aliphatic rings. The summed E-state index contributed by atoms with van der Waals surface area (Å²) in [5, 5.41) is 33.5. The van der Waals surface area contributed by atoms with Crippen molar-refractivity contribution in [1.82, 2.24) is 19.9 Å². The third-order valence-corrected chi connectivity index (χ3v) is 13.4. The molecule has 5 fully saturated rings. The van der Waals surface area contributed by atoms with Gasteiger partial charge >= 0.3 is 6.01 Å². The van der Waals surface area contributed by atoms with Crippen LogP contribution in [0.25, 0.3) is 32.9 Å². The Kier molecular flexibility index (Phi) is 10.0.